The molecule has 5 nitrogen and oxygen atoms in total. The molecule has 2 aromatic rings. The van der Waals surface area contributed by atoms with Gasteiger partial charge in [0.1, 0.15) is 12.4 Å². The van der Waals surface area contributed by atoms with Crippen LogP contribution in [0.15, 0.2) is 42.5 Å². The first-order valence-electron chi connectivity index (χ1n) is 7.88. The first-order chi connectivity index (χ1) is 12.1. The van der Waals surface area contributed by atoms with E-state index in [0.717, 1.165) is 11.4 Å². The summed E-state index contributed by atoms with van der Waals surface area (Å²) < 4.78 is 10.7. The third-order valence-electron chi connectivity index (χ3n) is 3.23. The Hall–Kier alpha value is -1.95. The largest absolute Gasteiger partial charge is 0.491 e. The molecule has 0 atom stereocenters. The van der Waals surface area contributed by atoms with E-state index in [0.29, 0.717) is 35.6 Å². The predicted molar refractivity (Wildman–Crippen MR) is 102 cm³/mol. The van der Waals surface area contributed by atoms with Crippen molar-refractivity contribution in [2.24, 2.45) is 0 Å². The molecule has 0 heterocycles. The van der Waals surface area contributed by atoms with Gasteiger partial charge in [-0.1, -0.05) is 29.3 Å². The lowest BCUT2D eigenvalue weighted by Crippen LogP contribution is -2.21. The zero-order chi connectivity index (χ0) is 18.1. The number of amides is 1. The summed E-state index contributed by atoms with van der Waals surface area (Å²) in [5.74, 6) is 0.529. The van der Waals surface area contributed by atoms with Crippen LogP contribution >= 0.6 is 23.2 Å². The van der Waals surface area contributed by atoms with Crippen LogP contribution in [0.2, 0.25) is 10.0 Å². The molecule has 1 amide bonds. The summed E-state index contributed by atoms with van der Waals surface area (Å²) in [6.07, 6.45) is 0. The van der Waals surface area contributed by atoms with Gasteiger partial charge in [-0.25, -0.2) is 0 Å². The molecule has 0 saturated carbocycles. The zero-order valence-electron chi connectivity index (χ0n) is 13.9. The number of ether oxygens (including phenoxy) is 2. The van der Waals surface area contributed by atoms with Crippen molar-refractivity contribution < 1.29 is 14.3 Å². The van der Waals surface area contributed by atoms with Gasteiger partial charge in [0.2, 0.25) is 5.91 Å². The molecule has 134 valence electrons. The molecule has 0 aliphatic carbocycles. The molecule has 2 rings (SSSR count). The van der Waals surface area contributed by atoms with E-state index in [9.17, 15) is 4.79 Å². The second-order valence-corrected chi connectivity index (χ2v) is 5.86. The number of hydrogen-bond donors (Lipinski definition) is 2. The molecule has 0 radical (unpaired) electrons. The van der Waals surface area contributed by atoms with Crippen molar-refractivity contribution in [3.05, 3.63) is 52.5 Å². The van der Waals surface area contributed by atoms with Crippen LogP contribution in [-0.2, 0) is 9.53 Å². The molecule has 0 aliphatic rings. The van der Waals surface area contributed by atoms with Crippen molar-refractivity contribution in [1.82, 2.24) is 0 Å². The maximum atomic E-state index is 12.0. The lowest BCUT2D eigenvalue weighted by molar-refractivity contribution is -0.114. The van der Waals surface area contributed by atoms with Crippen molar-refractivity contribution in [1.29, 1.82) is 0 Å². The Kier molecular flexibility index (Phi) is 7.85. The predicted octanol–water partition coefficient (Wildman–Crippen LogP) is 4.46. The van der Waals surface area contributed by atoms with Gasteiger partial charge in [0, 0.05) is 12.3 Å². The highest BCUT2D eigenvalue weighted by atomic mass is 35.5. The Balaban J connectivity index is 1.78. The molecular weight excluding hydrogens is 363 g/mol. The number of rotatable bonds is 9. The molecule has 0 unspecified atom stereocenters. The van der Waals surface area contributed by atoms with Crippen molar-refractivity contribution in [2.45, 2.75) is 6.92 Å². The molecular formula is C18H20Cl2N2O3. The van der Waals surface area contributed by atoms with Crippen molar-refractivity contribution in [3.8, 4) is 5.75 Å². The summed E-state index contributed by atoms with van der Waals surface area (Å²) >= 11 is 12.0. The fourth-order valence-electron chi connectivity index (χ4n) is 2.01. The minimum atomic E-state index is -0.221. The van der Waals surface area contributed by atoms with E-state index in [1.807, 2.05) is 31.2 Å². The molecule has 0 spiro atoms. The smallest absolute Gasteiger partial charge is 0.243 e. The van der Waals surface area contributed by atoms with Gasteiger partial charge in [-0.2, -0.15) is 0 Å². The van der Waals surface area contributed by atoms with Gasteiger partial charge in [0.15, 0.2) is 0 Å². The minimum Gasteiger partial charge on any atom is -0.491 e. The van der Waals surface area contributed by atoms with E-state index >= 15 is 0 Å². The van der Waals surface area contributed by atoms with Crippen LogP contribution in [0.1, 0.15) is 6.92 Å². The highest BCUT2D eigenvalue weighted by molar-refractivity contribution is 6.44. The van der Waals surface area contributed by atoms with Crippen LogP contribution in [0.25, 0.3) is 0 Å². The fraction of sp³-hybridized carbons (Fsp3) is 0.278. The standard InChI is InChI=1S/C18H20Cl2N2O3/c1-2-24-10-11-25-14-8-6-13(7-9-14)21-12-17(23)22-16-5-3-4-15(19)18(16)20/h3-9,21H,2,10-12H2,1H3,(H,22,23). The molecule has 7 heteroatoms. The molecule has 0 aliphatic heterocycles. The van der Waals surface area contributed by atoms with Gasteiger partial charge in [0.05, 0.1) is 28.9 Å². The van der Waals surface area contributed by atoms with E-state index in [4.69, 9.17) is 32.7 Å². The van der Waals surface area contributed by atoms with E-state index in [2.05, 4.69) is 10.6 Å². The first kappa shape index (κ1) is 19.4. The second kappa shape index (κ2) is 10.1. The van der Waals surface area contributed by atoms with E-state index < -0.39 is 0 Å². The molecule has 2 N–H and O–H groups in total. The highest BCUT2D eigenvalue weighted by Crippen LogP contribution is 2.29. The van der Waals surface area contributed by atoms with Crippen LogP contribution in [0, 0.1) is 0 Å². The SMILES string of the molecule is CCOCCOc1ccc(NCC(=O)Nc2cccc(Cl)c2Cl)cc1. The zero-order valence-corrected chi connectivity index (χ0v) is 15.4. The van der Waals surface area contributed by atoms with Gasteiger partial charge in [-0.05, 0) is 43.3 Å². The molecule has 0 fully saturated rings. The minimum absolute atomic E-state index is 0.105. The summed E-state index contributed by atoms with van der Waals surface area (Å²) in [4.78, 5) is 12.0. The lowest BCUT2D eigenvalue weighted by atomic mass is 10.3. The monoisotopic (exact) mass is 382 g/mol. The normalized spacial score (nSPS) is 10.4. The van der Waals surface area contributed by atoms with Gasteiger partial charge >= 0.3 is 0 Å². The van der Waals surface area contributed by atoms with E-state index in [-0.39, 0.29) is 12.5 Å². The maximum Gasteiger partial charge on any atom is 0.243 e. The third-order valence-corrected chi connectivity index (χ3v) is 4.05. The molecule has 0 saturated heterocycles. The number of hydrogen-bond acceptors (Lipinski definition) is 4. The van der Waals surface area contributed by atoms with Gasteiger partial charge in [-0.3, -0.25) is 4.79 Å². The number of carbonyl (C=O) groups excluding carboxylic acids is 1. The van der Waals surface area contributed by atoms with E-state index in [1.165, 1.54) is 0 Å². The molecule has 0 bridgehead atoms. The van der Waals surface area contributed by atoms with Crippen LogP contribution < -0.4 is 15.4 Å². The molecule has 2 aromatic carbocycles. The van der Waals surface area contributed by atoms with Gasteiger partial charge in [-0.15, -0.1) is 0 Å². The average molecular weight is 383 g/mol. The summed E-state index contributed by atoms with van der Waals surface area (Å²) in [6.45, 7) is 3.78. The summed E-state index contributed by atoms with van der Waals surface area (Å²) in [5.41, 5.74) is 1.29. The second-order valence-electron chi connectivity index (χ2n) is 5.07. The van der Waals surface area contributed by atoms with Crippen LogP contribution in [0.4, 0.5) is 11.4 Å². The van der Waals surface area contributed by atoms with Crippen molar-refractivity contribution in [3.63, 3.8) is 0 Å². The Morgan fingerprint density at radius 2 is 1.84 bits per heavy atom. The van der Waals surface area contributed by atoms with Crippen LogP contribution in [0.5, 0.6) is 5.75 Å². The van der Waals surface area contributed by atoms with Crippen LogP contribution in [-0.4, -0.2) is 32.3 Å². The third kappa shape index (κ3) is 6.46. The molecule has 25 heavy (non-hydrogen) atoms. The maximum absolute atomic E-state index is 12.0. The van der Waals surface area contributed by atoms with Crippen molar-refractivity contribution in [2.75, 3.05) is 37.0 Å². The Bertz CT molecular complexity index is 693. The number of benzene rings is 2. The lowest BCUT2D eigenvalue weighted by Gasteiger charge is -2.10. The summed E-state index contributed by atoms with van der Waals surface area (Å²) in [5, 5.41) is 6.47. The average Bonchev–Trinajstić information content (AvgIpc) is 2.62. The highest BCUT2D eigenvalue weighted by Gasteiger charge is 2.08. The first-order valence-corrected chi connectivity index (χ1v) is 8.64. The summed E-state index contributed by atoms with van der Waals surface area (Å²) in [6, 6.07) is 12.4. The Labute approximate surface area is 157 Å². The molecule has 0 aromatic heterocycles. The number of halogens is 2. The fourth-order valence-corrected chi connectivity index (χ4v) is 2.36. The van der Waals surface area contributed by atoms with Crippen LogP contribution in [0.3, 0.4) is 0 Å². The Morgan fingerprint density at radius 1 is 1.08 bits per heavy atom. The number of carbonyl (C=O) groups is 1. The van der Waals surface area contributed by atoms with Gasteiger partial charge < -0.3 is 20.1 Å². The quantitative estimate of drug-likeness (QED) is 0.628. The number of nitrogens with one attached hydrogen (secondary N) is 2. The van der Waals surface area contributed by atoms with Gasteiger partial charge in [0.25, 0.3) is 0 Å². The summed E-state index contributed by atoms with van der Waals surface area (Å²) in [7, 11) is 0. The van der Waals surface area contributed by atoms with E-state index in [1.54, 1.807) is 18.2 Å². The van der Waals surface area contributed by atoms with Crippen molar-refractivity contribution >= 4 is 40.5 Å². The Morgan fingerprint density at radius 3 is 2.56 bits per heavy atom. The topological polar surface area (TPSA) is 59.6 Å². The number of anilines is 2.